The van der Waals surface area contributed by atoms with Crippen LogP contribution in [-0.2, 0) is 11.3 Å². The zero-order valence-electron chi connectivity index (χ0n) is 15.3. The highest BCUT2D eigenvalue weighted by Crippen LogP contribution is 2.34. The van der Waals surface area contributed by atoms with Crippen LogP contribution in [0, 0.1) is 12.8 Å². The van der Waals surface area contributed by atoms with E-state index in [9.17, 15) is 9.90 Å². The quantitative estimate of drug-likeness (QED) is 0.748. The van der Waals surface area contributed by atoms with E-state index in [2.05, 4.69) is 14.8 Å². The van der Waals surface area contributed by atoms with E-state index >= 15 is 0 Å². The predicted molar refractivity (Wildman–Crippen MR) is 105 cm³/mol. The maximum atomic E-state index is 11.9. The highest BCUT2D eigenvalue weighted by atomic mass is 35.5. The van der Waals surface area contributed by atoms with Crippen molar-refractivity contribution in [2.75, 3.05) is 13.6 Å². The number of carbonyl (C=O) groups is 1. The number of benzene rings is 1. The van der Waals surface area contributed by atoms with Crippen molar-refractivity contribution in [3.63, 3.8) is 0 Å². The Morgan fingerprint density at radius 2 is 2.11 bits per heavy atom. The minimum atomic E-state index is 0.0953. The third-order valence-corrected chi connectivity index (χ3v) is 5.48. The van der Waals surface area contributed by atoms with Crippen molar-refractivity contribution in [2.24, 2.45) is 5.92 Å². The first-order chi connectivity index (χ1) is 12.9. The van der Waals surface area contributed by atoms with Gasteiger partial charge in [0.15, 0.2) is 5.65 Å². The Balaban J connectivity index is 1.64. The summed E-state index contributed by atoms with van der Waals surface area (Å²) in [7, 11) is 1.85. The van der Waals surface area contributed by atoms with Gasteiger partial charge in [-0.3, -0.25) is 4.79 Å². The first-order valence-electron chi connectivity index (χ1n) is 8.98. The standard InChI is InChI=1S/C20H21ClN4O2/c1-12-7-15(21)10-17(26)19(12)16-9-14-4-6-25(20(14)23-22-16)11-13-3-5-24(2)18(27)8-13/h4,6-7,9-10,13,26H,3,5,8,11H2,1-2H3. The zero-order chi connectivity index (χ0) is 19.1. The number of rotatable bonds is 3. The van der Waals surface area contributed by atoms with Crippen LogP contribution in [-0.4, -0.2) is 44.3 Å². The van der Waals surface area contributed by atoms with Crippen LogP contribution in [0.3, 0.4) is 0 Å². The fraction of sp³-hybridized carbons (Fsp3) is 0.350. The molecule has 2 aromatic heterocycles. The summed E-state index contributed by atoms with van der Waals surface area (Å²) in [6.07, 6.45) is 3.55. The fourth-order valence-electron chi connectivity index (χ4n) is 3.75. The van der Waals surface area contributed by atoms with Crippen molar-refractivity contribution in [1.29, 1.82) is 0 Å². The summed E-state index contributed by atoms with van der Waals surface area (Å²) in [4.78, 5) is 13.7. The first kappa shape index (κ1) is 17.8. The summed E-state index contributed by atoms with van der Waals surface area (Å²) in [5, 5.41) is 20.4. The SMILES string of the molecule is Cc1cc(Cl)cc(O)c1-c1cc2ccn(CC3CCN(C)C(=O)C3)c2nn1. The molecule has 7 heteroatoms. The van der Waals surface area contributed by atoms with Crippen molar-refractivity contribution >= 4 is 28.5 Å². The molecule has 3 heterocycles. The van der Waals surface area contributed by atoms with Crippen LogP contribution in [0.5, 0.6) is 5.75 Å². The van der Waals surface area contributed by atoms with Crippen LogP contribution in [0.25, 0.3) is 22.3 Å². The van der Waals surface area contributed by atoms with Gasteiger partial charge < -0.3 is 14.6 Å². The van der Waals surface area contributed by atoms with E-state index in [1.807, 2.05) is 32.3 Å². The second-order valence-corrected chi connectivity index (χ2v) is 7.70. The molecule has 6 nitrogen and oxygen atoms in total. The molecule has 0 saturated carbocycles. The minimum Gasteiger partial charge on any atom is -0.507 e. The molecule has 0 spiro atoms. The highest BCUT2D eigenvalue weighted by molar-refractivity contribution is 6.31. The maximum absolute atomic E-state index is 11.9. The molecule has 0 radical (unpaired) electrons. The number of likely N-dealkylation sites (tertiary alicyclic amines) is 1. The zero-order valence-corrected chi connectivity index (χ0v) is 16.1. The van der Waals surface area contributed by atoms with Crippen LogP contribution in [0.15, 0.2) is 30.5 Å². The Hall–Kier alpha value is -2.60. The van der Waals surface area contributed by atoms with Gasteiger partial charge in [-0.15, -0.1) is 10.2 Å². The van der Waals surface area contributed by atoms with Crippen molar-refractivity contribution in [1.82, 2.24) is 19.7 Å². The Morgan fingerprint density at radius 3 is 2.85 bits per heavy atom. The summed E-state index contributed by atoms with van der Waals surface area (Å²) in [6, 6.07) is 7.23. The lowest BCUT2D eigenvalue weighted by atomic mass is 9.96. The molecule has 1 saturated heterocycles. The van der Waals surface area contributed by atoms with Crippen LogP contribution < -0.4 is 0 Å². The molecule has 1 aliphatic heterocycles. The minimum absolute atomic E-state index is 0.0953. The highest BCUT2D eigenvalue weighted by Gasteiger charge is 2.24. The molecule has 1 atom stereocenters. The lowest BCUT2D eigenvalue weighted by Gasteiger charge is -2.28. The fourth-order valence-corrected chi connectivity index (χ4v) is 4.02. The summed E-state index contributed by atoms with van der Waals surface area (Å²) in [6.45, 7) is 3.44. The summed E-state index contributed by atoms with van der Waals surface area (Å²) < 4.78 is 2.06. The molecule has 1 fully saturated rings. The molecule has 1 amide bonds. The molecule has 1 unspecified atom stereocenters. The molecular formula is C20H21ClN4O2. The van der Waals surface area contributed by atoms with Gasteiger partial charge in [-0.05, 0) is 49.1 Å². The van der Waals surface area contributed by atoms with Crippen LogP contribution in [0.2, 0.25) is 5.02 Å². The molecule has 1 aliphatic rings. The van der Waals surface area contributed by atoms with E-state index in [4.69, 9.17) is 11.6 Å². The number of hydrogen-bond donors (Lipinski definition) is 1. The number of piperidine rings is 1. The van der Waals surface area contributed by atoms with Gasteiger partial charge in [0.1, 0.15) is 5.75 Å². The Morgan fingerprint density at radius 1 is 1.30 bits per heavy atom. The lowest BCUT2D eigenvalue weighted by Crippen LogP contribution is -2.36. The van der Waals surface area contributed by atoms with Crippen LogP contribution >= 0.6 is 11.6 Å². The van der Waals surface area contributed by atoms with E-state index in [0.717, 1.165) is 36.1 Å². The van der Waals surface area contributed by atoms with Crippen LogP contribution in [0.4, 0.5) is 0 Å². The number of aromatic hydroxyl groups is 1. The predicted octanol–water partition coefficient (Wildman–Crippen LogP) is 3.63. The number of nitrogens with zero attached hydrogens (tertiary/aromatic N) is 4. The number of aryl methyl sites for hydroxylation is 1. The van der Waals surface area contributed by atoms with E-state index < -0.39 is 0 Å². The molecule has 1 aromatic carbocycles. The van der Waals surface area contributed by atoms with Crippen molar-refractivity contribution in [2.45, 2.75) is 26.3 Å². The van der Waals surface area contributed by atoms with Crippen molar-refractivity contribution < 1.29 is 9.90 Å². The average Bonchev–Trinajstić information content (AvgIpc) is 2.99. The molecule has 27 heavy (non-hydrogen) atoms. The van der Waals surface area contributed by atoms with Gasteiger partial charge in [0.2, 0.25) is 5.91 Å². The Bertz CT molecular complexity index is 1010. The molecule has 0 aliphatic carbocycles. The van der Waals surface area contributed by atoms with Gasteiger partial charge in [-0.25, -0.2) is 0 Å². The third-order valence-electron chi connectivity index (χ3n) is 5.26. The number of phenols is 1. The molecule has 0 bridgehead atoms. The van der Waals surface area contributed by atoms with Gasteiger partial charge in [0.05, 0.1) is 5.69 Å². The number of hydrogen-bond acceptors (Lipinski definition) is 4. The van der Waals surface area contributed by atoms with E-state index in [1.54, 1.807) is 11.0 Å². The number of halogens is 1. The topological polar surface area (TPSA) is 71.2 Å². The third kappa shape index (κ3) is 3.37. The molecule has 3 aromatic rings. The largest absolute Gasteiger partial charge is 0.507 e. The summed E-state index contributed by atoms with van der Waals surface area (Å²) in [5.41, 5.74) is 2.89. The Labute approximate surface area is 162 Å². The monoisotopic (exact) mass is 384 g/mol. The van der Waals surface area contributed by atoms with Gasteiger partial charge >= 0.3 is 0 Å². The Kier molecular flexibility index (Phi) is 4.52. The van der Waals surface area contributed by atoms with Gasteiger partial charge in [0.25, 0.3) is 0 Å². The van der Waals surface area contributed by atoms with Crippen LogP contribution in [0.1, 0.15) is 18.4 Å². The number of aromatic nitrogens is 3. The number of amides is 1. The average molecular weight is 385 g/mol. The maximum Gasteiger partial charge on any atom is 0.222 e. The lowest BCUT2D eigenvalue weighted by molar-refractivity contribution is -0.133. The van der Waals surface area contributed by atoms with E-state index in [1.165, 1.54) is 6.07 Å². The number of carbonyl (C=O) groups excluding carboxylic acids is 1. The molecule has 4 rings (SSSR count). The number of phenolic OH excluding ortho intramolecular Hbond substituents is 1. The van der Waals surface area contributed by atoms with E-state index in [0.29, 0.717) is 28.6 Å². The first-order valence-corrected chi connectivity index (χ1v) is 9.36. The normalized spacial score (nSPS) is 17.7. The van der Waals surface area contributed by atoms with Crippen molar-refractivity contribution in [3.8, 4) is 17.0 Å². The molecule has 140 valence electrons. The van der Waals surface area contributed by atoms with Gasteiger partial charge in [-0.2, -0.15) is 0 Å². The van der Waals surface area contributed by atoms with Gasteiger partial charge in [-0.1, -0.05) is 11.6 Å². The second kappa shape index (κ2) is 6.85. The van der Waals surface area contributed by atoms with E-state index in [-0.39, 0.29) is 11.7 Å². The number of fused-ring (bicyclic) bond motifs is 1. The summed E-state index contributed by atoms with van der Waals surface area (Å²) >= 11 is 5.99. The summed E-state index contributed by atoms with van der Waals surface area (Å²) in [5.74, 6) is 0.607. The molecular weight excluding hydrogens is 364 g/mol. The smallest absolute Gasteiger partial charge is 0.222 e. The van der Waals surface area contributed by atoms with Gasteiger partial charge in [0, 0.05) is 48.7 Å². The molecule has 1 N–H and O–H groups in total. The second-order valence-electron chi connectivity index (χ2n) is 7.27. The van der Waals surface area contributed by atoms with Crippen molar-refractivity contribution in [3.05, 3.63) is 41.0 Å².